The average Bonchev–Trinajstić information content (AvgIpc) is 2.73. The van der Waals surface area contributed by atoms with Gasteiger partial charge in [0, 0.05) is 5.69 Å². The molecule has 0 fully saturated rings. The highest BCUT2D eigenvalue weighted by Gasteiger charge is 2.27. The zero-order valence-corrected chi connectivity index (χ0v) is 17.9. The van der Waals surface area contributed by atoms with Crippen molar-refractivity contribution in [3.8, 4) is 0 Å². The molecular formula is C23H22F2N2O3S. The summed E-state index contributed by atoms with van der Waals surface area (Å²) < 4.78 is 54.0. The molecule has 0 unspecified atom stereocenters. The van der Waals surface area contributed by atoms with Crippen molar-refractivity contribution in [3.05, 3.63) is 90.0 Å². The van der Waals surface area contributed by atoms with E-state index in [1.54, 1.807) is 12.1 Å². The van der Waals surface area contributed by atoms with Crippen molar-refractivity contribution in [2.45, 2.75) is 24.7 Å². The number of halogens is 2. The van der Waals surface area contributed by atoms with Crippen LogP contribution in [0.25, 0.3) is 0 Å². The number of nitrogens with one attached hydrogen (secondary N) is 1. The van der Waals surface area contributed by atoms with Crippen molar-refractivity contribution in [3.63, 3.8) is 0 Å². The predicted molar refractivity (Wildman–Crippen MR) is 116 cm³/mol. The van der Waals surface area contributed by atoms with Gasteiger partial charge >= 0.3 is 0 Å². The molecule has 0 aromatic heterocycles. The van der Waals surface area contributed by atoms with Gasteiger partial charge in [-0.25, -0.2) is 17.2 Å². The number of hydrogen-bond acceptors (Lipinski definition) is 3. The quantitative estimate of drug-likeness (QED) is 0.562. The van der Waals surface area contributed by atoms with E-state index in [-0.39, 0.29) is 16.5 Å². The van der Waals surface area contributed by atoms with Gasteiger partial charge in [0.1, 0.15) is 18.2 Å². The van der Waals surface area contributed by atoms with Gasteiger partial charge in [-0.05, 0) is 66.1 Å². The Morgan fingerprint density at radius 1 is 0.903 bits per heavy atom. The van der Waals surface area contributed by atoms with Crippen LogP contribution in [0.15, 0.2) is 77.7 Å². The highest BCUT2D eigenvalue weighted by Crippen LogP contribution is 2.26. The third-order valence-corrected chi connectivity index (χ3v) is 6.45. The molecule has 31 heavy (non-hydrogen) atoms. The van der Waals surface area contributed by atoms with E-state index in [0.29, 0.717) is 5.69 Å². The summed E-state index contributed by atoms with van der Waals surface area (Å²) in [5.41, 5.74) is 1.60. The SMILES string of the molecule is CC(C)c1ccccc1NC(=O)CN(c1ccc(F)cc1)S(=O)(=O)c1ccc(F)cc1. The van der Waals surface area contributed by atoms with Crippen LogP contribution >= 0.6 is 0 Å². The Balaban J connectivity index is 1.95. The molecule has 3 aromatic carbocycles. The smallest absolute Gasteiger partial charge is 0.264 e. The first-order valence-corrected chi connectivity index (χ1v) is 11.0. The monoisotopic (exact) mass is 444 g/mol. The number of anilines is 2. The molecule has 1 N–H and O–H groups in total. The van der Waals surface area contributed by atoms with E-state index >= 15 is 0 Å². The minimum Gasteiger partial charge on any atom is -0.324 e. The number of carbonyl (C=O) groups excluding carboxylic acids is 1. The second kappa shape index (κ2) is 9.26. The molecule has 0 aliphatic carbocycles. The van der Waals surface area contributed by atoms with Gasteiger partial charge in [0.15, 0.2) is 0 Å². The molecule has 8 heteroatoms. The zero-order valence-electron chi connectivity index (χ0n) is 17.0. The number of hydrogen-bond donors (Lipinski definition) is 1. The molecule has 0 aliphatic heterocycles. The van der Waals surface area contributed by atoms with Gasteiger partial charge in [-0.3, -0.25) is 9.10 Å². The van der Waals surface area contributed by atoms with Crippen molar-refractivity contribution in [1.82, 2.24) is 0 Å². The van der Waals surface area contributed by atoms with Crippen LogP contribution in [0, 0.1) is 11.6 Å². The van der Waals surface area contributed by atoms with Gasteiger partial charge in [0.25, 0.3) is 10.0 Å². The molecule has 1 amide bonds. The van der Waals surface area contributed by atoms with Crippen LogP contribution in [0.5, 0.6) is 0 Å². The fourth-order valence-electron chi connectivity index (χ4n) is 3.09. The first-order valence-electron chi connectivity index (χ1n) is 9.61. The summed E-state index contributed by atoms with van der Waals surface area (Å²) in [6, 6.07) is 16.3. The van der Waals surface area contributed by atoms with Crippen LogP contribution in [0.4, 0.5) is 20.2 Å². The van der Waals surface area contributed by atoms with Gasteiger partial charge in [-0.15, -0.1) is 0 Å². The lowest BCUT2D eigenvalue weighted by molar-refractivity contribution is -0.114. The van der Waals surface area contributed by atoms with Crippen LogP contribution < -0.4 is 9.62 Å². The van der Waals surface area contributed by atoms with Crippen molar-refractivity contribution in [2.75, 3.05) is 16.2 Å². The average molecular weight is 445 g/mol. The van der Waals surface area contributed by atoms with E-state index in [0.717, 1.165) is 46.3 Å². The maximum atomic E-state index is 13.4. The Hall–Kier alpha value is -3.26. The third-order valence-electron chi connectivity index (χ3n) is 4.66. The maximum Gasteiger partial charge on any atom is 0.264 e. The molecule has 5 nitrogen and oxygen atoms in total. The first kappa shape index (κ1) is 22.4. The van der Waals surface area contributed by atoms with Crippen molar-refractivity contribution < 1.29 is 22.0 Å². The van der Waals surface area contributed by atoms with Gasteiger partial charge in [-0.2, -0.15) is 0 Å². The van der Waals surface area contributed by atoms with Crippen LogP contribution in [0.1, 0.15) is 25.3 Å². The molecule has 3 aromatic rings. The second-order valence-electron chi connectivity index (χ2n) is 7.23. The molecule has 0 atom stereocenters. The van der Waals surface area contributed by atoms with E-state index in [1.807, 2.05) is 26.0 Å². The molecule has 0 heterocycles. The topological polar surface area (TPSA) is 66.5 Å². The summed E-state index contributed by atoms with van der Waals surface area (Å²) in [6.07, 6.45) is 0. The summed E-state index contributed by atoms with van der Waals surface area (Å²) in [7, 11) is -4.21. The third kappa shape index (κ3) is 5.27. The first-order chi connectivity index (χ1) is 14.7. The highest BCUT2D eigenvalue weighted by atomic mass is 32.2. The molecule has 0 spiro atoms. The number of amides is 1. The number of nitrogens with zero attached hydrogens (tertiary/aromatic N) is 1. The molecule has 162 valence electrons. The lowest BCUT2D eigenvalue weighted by atomic mass is 10.0. The summed E-state index contributed by atoms with van der Waals surface area (Å²) >= 11 is 0. The second-order valence-corrected chi connectivity index (χ2v) is 9.09. The summed E-state index contributed by atoms with van der Waals surface area (Å²) in [5.74, 6) is -1.55. The fourth-order valence-corrected chi connectivity index (χ4v) is 4.51. The zero-order chi connectivity index (χ0) is 22.6. The van der Waals surface area contributed by atoms with E-state index in [1.165, 1.54) is 12.1 Å². The number of benzene rings is 3. The molecule has 0 radical (unpaired) electrons. The van der Waals surface area contributed by atoms with E-state index in [2.05, 4.69) is 5.32 Å². The lowest BCUT2D eigenvalue weighted by Crippen LogP contribution is -2.38. The molecule has 0 saturated carbocycles. The Bertz CT molecular complexity index is 1160. The largest absolute Gasteiger partial charge is 0.324 e. The standard InChI is InChI=1S/C23H22F2N2O3S/c1-16(2)21-5-3-4-6-22(21)26-23(28)15-27(19-11-7-17(24)8-12-19)31(29,30)20-13-9-18(25)10-14-20/h3-14,16H,15H2,1-2H3,(H,26,28). The molecule has 0 saturated heterocycles. The van der Waals surface area contributed by atoms with Crippen LogP contribution in [0.3, 0.4) is 0 Å². The van der Waals surface area contributed by atoms with Crippen molar-refractivity contribution in [2.24, 2.45) is 0 Å². The number of sulfonamides is 1. The van der Waals surface area contributed by atoms with Crippen molar-refractivity contribution >= 4 is 27.3 Å². The minimum absolute atomic E-state index is 0.109. The molecule has 0 aliphatic rings. The normalized spacial score (nSPS) is 11.4. The van der Waals surface area contributed by atoms with Gasteiger partial charge in [-0.1, -0.05) is 32.0 Å². The molecular weight excluding hydrogens is 422 g/mol. The van der Waals surface area contributed by atoms with Crippen LogP contribution in [-0.4, -0.2) is 20.9 Å². The Morgan fingerprint density at radius 3 is 2.03 bits per heavy atom. The number of para-hydroxylation sites is 1. The summed E-state index contributed by atoms with van der Waals surface area (Å²) in [4.78, 5) is 12.6. The number of rotatable bonds is 7. The number of carbonyl (C=O) groups is 1. The van der Waals surface area contributed by atoms with E-state index in [9.17, 15) is 22.0 Å². The Labute approximate surface area is 180 Å². The fraction of sp³-hybridized carbons (Fsp3) is 0.174. The van der Waals surface area contributed by atoms with Crippen LogP contribution in [-0.2, 0) is 14.8 Å². The maximum absolute atomic E-state index is 13.4. The minimum atomic E-state index is -4.21. The van der Waals surface area contributed by atoms with E-state index in [4.69, 9.17) is 0 Å². The molecule has 0 bridgehead atoms. The highest BCUT2D eigenvalue weighted by molar-refractivity contribution is 7.92. The van der Waals surface area contributed by atoms with Crippen molar-refractivity contribution in [1.29, 1.82) is 0 Å². The van der Waals surface area contributed by atoms with Gasteiger partial charge in [0.2, 0.25) is 5.91 Å². The summed E-state index contributed by atoms with van der Waals surface area (Å²) in [6.45, 7) is 3.42. The Kier molecular flexibility index (Phi) is 6.70. The van der Waals surface area contributed by atoms with Gasteiger partial charge in [0.05, 0.1) is 10.6 Å². The lowest BCUT2D eigenvalue weighted by Gasteiger charge is -2.24. The predicted octanol–water partition coefficient (Wildman–Crippen LogP) is 4.92. The van der Waals surface area contributed by atoms with Gasteiger partial charge < -0.3 is 5.32 Å². The molecule has 3 rings (SSSR count). The summed E-state index contributed by atoms with van der Waals surface area (Å²) in [5, 5.41) is 2.76. The Morgan fingerprint density at radius 2 is 1.45 bits per heavy atom. The van der Waals surface area contributed by atoms with E-state index < -0.39 is 34.1 Å². The van der Waals surface area contributed by atoms with Crippen LogP contribution in [0.2, 0.25) is 0 Å².